The summed E-state index contributed by atoms with van der Waals surface area (Å²) in [6.45, 7) is 6.37. The number of Topliss-reactive ketones (excluding diaryl/α,β-unsaturated/α-hetero) is 1. The largest absolute Gasteiger partial charge is 0.444 e. The second kappa shape index (κ2) is 6.92. The lowest BCUT2D eigenvalue weighted by Gasteiger charge is -2.35. The molecule has 0 saturated carbocycles. The molecule has 5 nitrogen and oxygen atoms in total. The van der Waals surface area contributed by atoms with E-state index in [-0.39, 0.29) is 18.4 Å². The van der Waals surface area contributed by atoms with Gasteiger partial charge in [0.15, 0.2) is 5.78 Å². The van der Waals surface area contributed by atoms with E-state index in [1.165, 1.54) is 0 Å². The number of hydrogen-bond donors (Lipinski definition) is 0. The Kier molecular flexibility index (Phi) is 5.19. The summed E-state index contributed by atoms with van der Waals surface area (Å²) >= 11 is 0. The van der Waals surface area contributed by atoms with Crippen molar-refractivity contribution < 1.29 is 19.1 Å². The van der Waals surface area contributed by atoms with Crippen molar-refractivity contribution in [1.82, 2.24) is 4.90 Å². The molecule has 1 fully saturated rings. The third-order valence-corrected chi connectivity index (χ3v) is 3.30. The molecule has 22 heavy (non-hydrogen) atoms. The quantitative estimate of drug-likeness (QED) is 0.861. The first-order valence-corrected chi connectivity index (χ1v) is 7.48. The molecule has 0 spiro atoms. The van der Waals surface area contributed by atoms with E-state index >= 15 is 0 Å². The van der Waals surface area contributed by atoms with Gasteiger partial charge in [-0.15, -0.1) is 0 Å². The molecule has 120 valence electrons. The summed E-state index contributed by atoms with van der Waals surface area (Å²) in [5, 5.41) is 0. The number of carbonyl (C=O) groups excluding carboxylic acids is 2. The highest BCUT2D eigenvalue weighted by molar-refractivity contribution is 5.81. The SMILES string of the molecule is CC(C)(C)OC(=O)N(Cc1ccccc1)C1COCC(=O)C1. The van der Waals surface area contributed by atoms with E-state index < -0.39 is 11.7 Å². The lowest BCUT2D eigenvalue weighted by molar-refractivity contribution is -0.130. The molecular formula is C17H23NO4. The zero-order valence-corrected chi connectivity index (χ0v) is 13.4. The Balaban J connectivity index is 2.16. The molecule has 1 aliphatic heterocycles. The predicted octanol–water partition coefficient (Wildman–Crippen LogP) is 2.78. The van der Waals surface area contributed by atoms with E-state index in [0.29, 0.717) is 19.6 Å². The number of nitrogens with zero attached hydrogens (tertiary/aromatic N) is 1. The highest BCUT2D eigenvalue weighted by Gasteiger charge is 2.32. The molecule has 1 heterocycles. The number of carbonyl (C=O) groups is 2. The van der Waals surface area contributed by atoms with Crippen LogP contribution in [0.5, 0.6) is 0 Å². The zero-order valence-electron chi connectivity index (χ0n) is 13.4. The minimum absolute atomic E-state index is 0.0119. The first kappa shape index (κ1) is 16.5. The van der Waals surface area contributed by atoms with Crippen LogP contribution in [0.15, 0.2) is 30.3 Å². The van der Waals surface area contributed by atoms with Gasteiger partial charge < -0.3 is 9.47 Å². The van der Waals surface area contributed by atoms with Crippen molar-refractivity contribution >= 4 is 11.9 Å². The molecule has 0 aliphatic carbocycles. The number of ether oxygens (including phenoxy) is 2. The Morgan fingerprint density at radius 3 is 2.59 bits per heavy atom. The van der Waals surface area contributed by atoms with Gasteiger partial charge >= 0.3 is 6.09 Å². The fraction of sp³-hybridized carbons (Fsp3) is 0.529. The van der Waals surface area contributed by atoms with Gasteiger partial charge in [-0.2, -0.15) is 0 Å². The van der Waals surface area contributed by atoms with Crippen molar-refractivity contribution in [3.63, 3.8) is 0 Å². The van der Waals surface area contributed by atoms with Crippen molar-refractivity contribution in [3.05, 3.63) is 35.9 Å². The minimum atomic E-state index is -0.578. The highest BCUT2D eigenvalue weighted by Crippen LogP contribution is 2.19. The van der Waals surface area contributed by atoms with Crippen LogP contribution in [0.4, 0.5) is 4.79 Å². The van der Waals surface area contributed by atoms with E-state index in [1.807, 2.05) is 51.1 Å². The lowest BCUT2D eigenvalue weighted by atomic mass is 10.1. The van der Waals surface area contributed by atoms with Gasteiger partial charge in [-0.05, 0) is 26.3 Å². The number of amides is 1. The van der Waals surface area contributed by atoms with Gasteiger partial charge in [0.2, 0.25) is 0 Å². The van der Waals surface area contributed by atoms with Gasteiger partial charge in [-0.25, -0.2) is 4.79 Å². The van der Waals surface area contributed by atoms with Crippen LogP contribution < -0.4 is 0 Å². The molecule has 0 bridgehead atoms. The smallest absolute Gasteiger partial charge is 0.410 e. The summed E-state index contributed by atoms with van der Waals surface area (Å²) in [7, 11) is 0. The summed E-state index contributed by atoms with van der Waals surface area (Å²) in [4.78, 5) is 25.7. The highest BCUT2D eigenvalue weighted by atomic mass is 16.6. The van der Waals surface area contributed by atoms with Crippen LogP contribution in [0, 0.1) is 0 Å². The second-order valence-electron chi connectivity index (χ2n) is 6.51. The standard InChI is InChI=1S/C17H23NO4/c1-17(2,3)22-16(20)18(10-13-7-5-4-6-8-13)14-9-15(19)12-21-11-14/h4-8,14H,9-12H2,1-3H3. The van der Waals surface area contributed by atoms with Gasteiger partial charge in [-0.3, -0.25) is 9.69 Å². The Morgan fingerprint density at radius 2 is 2.00 bits per heavy atom. The average molecular weight is 305 g/mol. The number of ketones is 1. The van der Waals surface area contributed by atoms with Crippen LogP contribution in [0.25, 0.3) is 0 Å². The summed E-state index contributed by atoms with van der Waals surface area (Å²) in [5.41, 5.74) is 0.414. The molecule has 1 saturated heterocycles. The molecule has 0 radical (unpaired) electrons. The van der Waals surface area contributed by atoms with Crippen LogP contribution in [-0.4, -0.2) is 41.6 Å². The van der Waals surface area contributed by atoms with Gasteiger partial charge in [0, 0.05) is 13.0 Å². The Bertz CT molecular complexity index is 521. The van der Waals surface area contributed by atoms with Crippen LogP contribution >= 0.6 is 0 Å². The van der Waals surface area contributed by atoms with Gasteiger partial charge in [0.25, 0.3) is 0 Å². The summed E-state index contributed by atoms with van der Waals surface area (Å²) in [6, 6.07) is 9.38. The Labute approximate surface area is 131 Å². The molecule has 1 atom stereocenters. The predicted molar refractivity (Wildman–Crippen MR) is 82.5 cm³/mol. The third kappa shape index (κ3) is 4.84. The Morgan fingerprint density at radius 1 is 1.32 bits per heavy atom. The normalized spacial score (nSPS) is 18.9. The van der Waals surface area contributed by atoms with E-state index in [4.69, 9.17) is 9.47 Å². The fourth-order valence-electron chi connectivity index (χ4n) is 2.33. The molecule has 5 heteroatoms. The van der Waals surface area contributed by atoms with Crippen LogP contribution in [-0.2, 0) is 20.8 Å². The number of hydrogen-bond acceptors (Lipinski definition) is 4. The molecule has 1 aromatic carbocycles. The maximum absolute atomic E-state index is 12.5. The van der Waals surface area contributed by atoms with E-state index in [0.717, 1.165) is 5.56 Å². The van der Waals surface area contributed by atoms with Crippen molar-refractivity contribution in [3.8, 4) is 0 Å². The van der Waals surface area contributed by atoms with E-state index in [1.54, 1.807) is 4.90 Å². The monoisotopic (exact) mass is 305 g/mol. The fourth-order valence-corrected chi connectivity index (χ4v) is 2.33. The van der Waals surface area contributed by atoms with Gasteiger partial charge in [-0.1, -0.05) is 30.3 Å². The first-order chi connectivity index (χ1) is 10.3. The third-order valence-electron chi connectivity index (χ3n) is 3.30. The Hall–Kier alpha value is -1.88. The molecular weight excluding hydrogens is 282 g/mol. The topological polar surface area (TPSA) is 55.8 Å². The van der Waals surface area contributed by atoms with Crippen LogP contribution in [0.1, 0.15) is 32.8 Å². The van der Waals surface area contributed by atoms with Crippen molar-refractivity contribution in [1.29, 1.82) is 0 Å². The maximum atomic E-state index is 12.5. The molecule has 2 rings (SSSR count). The molecule has 0 aromatic heterocycles. The molecule has 1 aromatic rings. The zero-order chi connectivity index (χ0) is 16.2. The van der Waals surface area contributed by atoms with Gasteiger partial charge in [0.1, 0.15) is 12.2 Å². The minimum Gasteiger partial charge on any atom is -0.444 e. The van der Waals surface area contributed by atoms with Crippen molar-refractivity contribution in [2.24, 2.45) is 0 Å². The van der Waals surface area contributed by atoms with Crippen molar-refractivity contribution in [2.75, 3.05) is 13.2 Å². The van der Waals surface area contributed by atoms with Gasteiger partial charge in [0.05, 0.1) is 12.6 Å². The maximum Gasteiger partial charge on any atom is 0.410 e. The number of benzene rings is 1. The van der Waals surface area contributed by atoms with Crippen molar-refractivity contribution in [2.45, 2.75) is 45.4 Å². The number of rotatable bonds is 3. The second-order valence-corrected chi connectivity index (χ2v) is 6.51. The van der Waals surface area contributed by atoms with E-state index in [9.17, 15) is 9.59 Å². The summed E-state index contributed by atoms with van der Waals surface area (Å²) < 4.78 is 10.8. The summed E-state index contributed by atoms with van der Waals surface area (Å²) in [6.07, 6.45) is -0.105. The molecule has 1 unspecified atom stereocenters. The molecule has 1 amide bonds. The lowest BCUT2D eigenvalue weighted by Crippen LogP contribution is -2.48. The first-order valence-electron chi connectivity index (χ1n) is 7.48. The van der Waals surface area contributed by atoms with E-state index in [2.05, 4.69) is 0 Å². The van der Waals surface area contributed by atoms with Crippen LogP contribution in [0.2, 0.25) is 0 Å². The molecule has 0 N–H and O–H groups in total. The molecule has 1 aliphatic rings. The van der Waals surface area contributed by atoms with Crippen LogP contribution in [0.3, 0.4) is 0 Å². The average Bonchev–Trinajstić information content (AvgIpc) is 2.44. The summed E-state index contributed by atoms with van der Waals surface area (Å²) in [5.74, 6) is 0.0119.